The molecule has 1 aromatic carbocycles. The average molecular weight is 315 g/mol. The molecule has 1 saturated carbocycles. The lowest BCUT2D eigenvalue weighted by Gasteiger charge is -2.34. The zero-order valence-electron chi connectivity index (χ0n) is 13.8. The van der Waals surface area contributed by atoms with Crippen LogP contribution in [0.2, 0.25) is 0 Å². The Hall–Kier alpha value is -2.10. The summed E-state index contributed by atoms with van der Waals surface area (Å²) < 4.78 is 4.99. The van der Waals surface area contributed by atoms with Crippen molar-refractivity contribution in [3.05, 3.63) is 42.0 Å². The van der Waals surface area contributed by atoms with Gasteiger partial charge in [0.15, 0.2) is 6.61 Å². The second-order valence-electron chi connectivity index (χ2n) is 6.29. The lowest BCUT2D eigenvalue weighted by Crippen LogP contribution is -2.45. The molecule has 1 aliphatic rings. The van der Waals surface area contributed by atoms with Gasteiger partial charge in [0.1, 0.15) is 0 Å². The third kappa shape index (κ3) is 5.55. The number of benzene rings is 1. The minimum Gasteiger partial charge on any atom is -0.452 e. The highest BCUT2D eigenvalue weighted by Gasteiger charge is 2.28. The van der Waals surface area contributed by atoms with Crippen molar-refractivity contribution in [3.63, 3.8) is 0 Å². The molecule has 0 unspecified atom stereocenters. The molecule has 0 bridgehead atoms. The number of nitrogens with one attached hydrogen (secondary N) is 1. The molecule has 0 saturated heterocycles. The van der Waals surface area contributed by atoms with Crippen LogP contribution in [0.15, 0.2) is 36.4 Å². The SMILES string of the molecule is C[C@@H]1[C@H](C)CCC[C@H]1NC(=O)COC(=O)/C=C/c1ccccc1. The Morgan fingerprint density at radius 2 is 1.96 bits per heavy atom. The summed E-state index contributed by atoms with van der Waals surface area (Å²) in [7, 11) is 0. The first kappa shape index (κ1) is 17.3. The molecule has 0 aromatic heterocycles. The third-order valence-electron chi connectivity index (χ3n) is 4.61. The van der Waals surface area contributed by atoms with E-state index in [0.717, 1.165) is 18.4 Å². The zero-order chi connectivity index (χ0) is 16.7. The topological polar surface area (TPSA) is 55.4 Å². The number of carbonyl (C=O) groups is 2. The molecule has 23 heavy (non-hydrogen) atoms. The molecule has 1 amide bonds. The molecule has 1 aromatic rings. The maximum atomic E-state index is 11.9. The van der Waals surface area contributed by atoms with Gasteiger partial charge in [0.2, 0.25) is 0 Å². The Morgan fingerprint density at radius 1 is 1.22 bits per heavy atom. The van der Waals surface area contributed by atoms with Crippen LogP contribution < -0.4 is 5.32 Å². The first-order valence-electron chi connectivity index (χ1n) is 8.25. The summed E-state index contributed by atoms with van der Waals surface area (Å²) in [6.07, 6.45) is 6.36. The Kier molecular flexibility index (Phi) is 6.39. The summed E-state index contributed by atoms with van der Waals surface area (Å²) in [4.78, 5) is 23.6. The van der Waals surface area contributed by atoms with E-state index in [1.807, 2.05) is 30.3 Å². The van der Waals surface area contributed by atoms with Gasteiger partial charge < -0.3 is 10.1 Å². The van der Waals surface area contributed by atoms with Crippen LogP contribution >= 0.6 is 0 Å². The molecule has 0 spiro atoms. The fourth-order valence-corrected chi connectivity index (χ4v) is 2.95. The minimum atomic E-state index is -0.505. The molecule has 124 valence electrons. The predicted octanol–water partition coefficient (Wildman–Crippen LogP) is 3.18. The number of esters is 1. The smallest absolute Gasteiger partial charge is 0.331 e. The first-order valence-corrected chi connectivity index (χ1v) is 8.25. The Morgan fingerprint density at radius 3 is 2.70 bits per heavy atom. The fourth-order valence-electron chi connectivity index (χ4n) is 2.95. The van der Waals surface area contributed by atoms with Crippen molar-refractivity contribution in [2.75, 3.05) is 6.61 Å². The lowest BCUT2D eigenvalue weighted by molar-refractivity contribution is -0.144. The highest BCUT2D eigenvalue weighted by Crippen LogP contribution is 2.29. The summed E-state index contributed by atoms with van der Waals surface area (Å²) in [6.45, 7) is 4.16. The van der Waals surface area contributed by atoms with Crippen LogP contribution in [0.5, 0.6) is 0 Å². The van der Waals surface area contributed by atoms with E-state index in [1.54, 1.807) is 6.08 Å². The summed E-state index contributed by atoms with van der Waals surface area (Å²) in [5.74, 6) is 0.346. The van der Waals surface area contributed by atoms with Gasteiger partial charge in [-0.1, -0.05) is 57.0 Å². The quantitative estimate of drug-likeness (QED) is 0.670. The maximum absolute atomic E-state index is 11.9. The molecule has 1 fully saturated rings. The van der Waals surface area contributed by atoms with Gasteiger partial charge in [0.25, 0.3) is 5.91 Å². The van der Waals surface area contributed by atoms with E-state index in [-0.39, 0.29) is 18.6 Å². The van der Waals surface area contributed by atoms with Gasteiger partial charge in [-0.15, -0.1) is 0 Å². The van der Waals surface area contributed by atoms with Crippen molar-refractivity contribution in [1.29, 1.82) is 0 Å². The van der Waals surface area contributed by atoms with Crippen molar-refractivity contribution < 1.29 is 14.3 Å². The molecule has 3 atom stereocenters. The summed E-state index contributed by atoms with van der Waals surface area (Å²) in [6, 6.07) is 9.66. The normalized spacial score (nSPS) is 24.3. The maximum Gasteiger partial charge on any atom is 0.331 e. The largest absolute Gasteiger partial charge is 0.452 e. The Labute approximate surface area is 137 Å². The van der Waals surface area contributed by atoms with Crippen LogP contribution in [0.3, 0.4) is 0 Å². The summed E-state index contributed by atoms with van der Waals surface area (Å²) in [5, 5.41) is 2.99. The van der Waals surface area contributed by atoms with E-state index in [4.69, 9.17) is 4.74 Å². The number of hydrogen-bond donors (Lipinski definition) is 1. The van der Waals surface area contributed by atoms with Crippen molar-refractivity contribution in [1.82, 2.24) is 5.32 Å². The van der Waals surface area contributed by atoms with E-state index >= 15 is 0 Å². The average Bonchev–Trinajstić information content (AvgIpc) is 2.56. The second-order valence-corrected chi connectivity index (χ2v) is 6.29. The summed E-state index contributed by atoms with van der Waals surface area (Å²) in [5.41, 5.74) is 0.916. The van der Waals surface area contributed by atoms with Crippen LogP contribution in [0.25, 0.3) is 6.08 Å². The van der Waals surface area contributed by atoms with Gasteiger partial charge in [0, 0.05) is 12.1 Å². The predicted molar refractivity (Wildman–Crippen MR) is 90.5 cm³/mol. The number of hydrogen-bond acceptors (Lipinski definition) is 3. The van der Waals surface area contributed by atoms with Crippen LogP contribution in [-0.2, 0) is 14.3 Å². The van der Waals surface area contributed by atoms with Gasteiger partial charge in [0.05, 0.1) is 0 Å². The van der Waals surface area contributed by atoms with Gasteiger partial charge >= 0.3 is 5.97 Å². The highest BCUT2D eigenvalue weighted by atomic mass is 16.5. The molecule has 2 rings (SSSR count). The lowest BCUT2D eigenvalue weighted by atomic mass is 9.78. The zero-order valence-corrected chi connectivity index (χ0v) is 13.8. The third-order valence-corrected chi connectivity index (χ3v) is 4.61. The van der Waals surface area contributed by atoms with Crippen LogP contribution in [0.4, 0.5) is 0 Å². The highest BCUT2D eigenvalue weighted by molar-refractivity contribution is 5.89. The van der Waals surface area contributed by atoms with Gasteiger partial charge in [-0.3, -0.25) is 4.79 Å². The van der Waals surface area contributed by atoms with Gasteiger partial charge in [-0.25, -0.2) is 4.79 Å². The molecule has 4 heteroatoms. The van der Waals surface area contributed by atoms with Crippen LogP contribution in [0, 0.1) is 11.8 Å². The standard InChI is InChI=1S/C19H25NO3/c1-14-7-6-10-17(15(14)2)20-18(21)13-23-19(22)12-11-16-8-4-3-5-9-16/h3-5,8-9,11-12,14-15,17H,6-7,10,13H2,1-2H3,(H,20,21)/b12-11+/t14-,15-,17-/m1/s1. The van der Waals surface area contributed by atoms with Crippen LogP contribution in [0.1, 0.15) is 38.7 Å². The molecule has 0 aliphatic heterocycles. The van der Waals surface area contributed by atoms with Crippen LogP contribution in [-0.4, -0.2) is 24.5 Å². The van der Waals surface area contributed by atoms with Crippen molar-refractivity contribution in [2.45, 2.75) is 39.2 Å². The number of rotatable bonds is 5. The molecule has 4 nitrogen and oxygen atoms in total. The van der Waals surface area contributed by atoms with E-state index in [2.05, 4.69) is 19.2 Å². The molecule has 1 N–H and O–H groups in total. The first-order chi connectivity index (χ1) is 11.1. The number of ether oxygens (including phenoxy) is 1. The molecule has 0 radical (unpaired) electrons. The summed E-state index contributed by atoms with van der Waals surface area (Å²) >= 11 is 0. The van der Waals surface area contributed by atoms with Gasteiger partial charge in [-0.05, 0) is 29.9 Å². The number of amides is 1. The second kappa shape index (κ2) is 8.51. The number of carbonyl (C=O) groups excluding carboxylic acids is 2. The van der Waals surface area contributed by atoms with Gasteiger partial charge in [-0.2, -0.15) is 0 Å². The van der Waals surface area contributed by atoms with Crippen molar-refractivity contribution in [2.24, 2.45) is 11.8 Å². The van der Waals surface area contributed by atoms with E-state index in [1.165, 1.54) is 12.5 Å². The van der Waals surface area contributed by atoms with E-state index in [0.29, 0.717) is 11.8 Å². The Balaban J connectivity index is 1.73. The fraction of sp³-hybridized carbons (Fsp3) is 0.474. The van der Waals surface area contributed by atoms with E-state index in [9.17, 15) is 9.59 Å². The Bertz CT molecular complexity index is 553. The van der Waals surface area contributed by atoms with E-state index < -0.39 is 5.97 Å². The van der Waals surface area contributed by atoms with Crippen molar-refractivity contribution >= 4 is 18.0 Å². The minimum absolute atomic E-state index is 0.185. The molecular formula is C19H25NO3. The molecule has 0 heterocycles. The monoisotopic (exact) mass is 315 g/mol. The van der Waals surface area contributed by atoms with Crippen molar-refractivity contribution in [3.8, 4) is 0 Å². The molecule has 1 aliphatic carbocycles. The molecular weight excluding hydrogens is 290 g/mol.